The van der Waals surface area contributed by atoms with E-state index in [1.807, 2.05) is 24.3 Å². The van der Waals surface area contributed by atoms with E-state index in [1.165, 1.54) is 11.3 Å². The van der Waals surface area contributed by atoms with Crippen molar-refractivity contribution in [3.63, 3.8) is 0 Å². The molecule has 0 bridgehead atoms. The van der Waals surface area contributed by atoms with Gasteiger partial charge in [-0.25, -0.2) is 8.42 Å². The molecule has 4 nitrogen and oxygen atoms in total. The third-order valence-electron chi connectivity index (χ3n) is 4.54. The van der Waals surface area contributed by atoms with Crippen molar-refractivity contribution in [2.75, 3.05) is 4.72 Å². The highest BCUT2D eigenvalue weighted by molar-refractivity contribution is 7.93. The Morgan fingerprint density at radius 3 is 2.60 bits per heavy atom. The molecule has 0 amide bonds. The first-order chi connectivity index (χ1) is 12.1. The van der Waals surface area contributed by atoms with Gasteiger partial charge in [0, 0.05) is 4.88 Å². The van der Waals surface area contributed by atoms with Crippen LogP contribution in [-0.2, 0) is 22.9 Å². The first-order valence-electron chi connectivity index (χ1n) is 8.15. The van der Waals surface area contributed by atoms with Crippen LogP contribution in [-0.4, -0.2) is 8.42 Å². The number of nitrogens with zero attached hydrogens (tertiary/aromatic N) is 1. The number of hydrogen-bond donors (Lipinski definition) is 1. The smallest absolute Gasteiger partial charge is 0.262 e. The number of hydrogen-bond acceptors (Lipinski definition) is 4. The molecular weight excluding hydrogens is 352 g/mol. The number of rotatable bonds is 3. The number of nitrogens with one attached hydrogen (secondary N) is 1. The maximum atomic E-state index is 12.8. The highest BCUT2D eigenvalue weighted by Crippen LogP contribution is 2.38. The van der Waals surface area contributed by atoms with Gasteiger partial charge >= 0.3 is 0 Å². The zero-order valence-electron chi connectivity index (χ0n) is 13.5. The van der Waals surface area contributed by atoms with Crippen LogP contribution in [0.2, 0.25) is 0 Å². The quantitative estimate of drug-likeness (QED) is 0.742. The molecule has 6 heteroatoms. The highest BCUT2D eigenvalue weighted by atomic mass is 32.2. The van der Waals surface area contributed by atoms with Crippen LogP contribution >= 0.6 is 11.3 Å². The van der Waals surface area contributed by atoms with Gasteiger partial charge in [0.2, 0.25) is 0 Å². The SMILES string of the molecule is N#Cc1c(NS(=O)(=O)c2ccc3ccccc3c2)sc2c1CCCC2. The fraction of sp³-hybridized carbons (Fsp3) is 0.211. The minimum atomic E-state index is -3.73. The second-order valence-electron chi connectivity index (χ2n) is 6.14. The molecule has 2 aromatic carbocycles. The van der Waals surface area contributed by atoms with Crippen molar-refractivity contribution in [2.24, 2.45) is 0 Å². The van der Waals surface area contributed by atoms with Crippen LogP contribution in [0.25, 0.3) is 10.8 Å². The number of sulfonamides is 1. The lowest BCUT2D eigenvalue weighted by molar-refractivity contribution is 0.601. The van der Waals surface area contributed by atoms with E-state index in [0.717, 1.165) is 46.9 Å². The molecule has 1 heterocycles. The number of benzene rings is 2. The number of aryl methyl sites for hydroxylation is 1. The van der Waals surface area contributed by atoms with E-state index in [-0.39, 0.29) is 4.90 Å². The van der Waals surface area contributed by atoms with Gasteiger partial charge < -0.3 is 0 Å². The van der Waals surface area contributed by atoms with Gasteiger partial charge in [-0.3, -0.25) is 4.72 Å². The van der Waals surface area contributed by atoms with Crippen molar-refractivity contribution in [1.82, 2.24) is 0 Å². The fourth-order valence-corrected chi connectivity index (χ4v) is 5.85. The average Bonchev–Trinajstić information content (AvgIpc) is 2.97. The Labute approximate surface area is 150 Å². The summed E-state index contributed by atoms with van der Waals surface area (Å²) in [5.41, 5.74) is 1.51. The predicted octanol–water partition coefficient (Wildman–Crippen LogP) is 4.45. The Morgan fingerprint density at radius 2 is 1.80 bits per heavy atom. The van der Waals surface area contributed by atoms with Crippen molar-refractivity contribution in [2.45, 2.75) is 30.6 Å². The van der Waals surface area contributed by atoms with Crippen molar-refractivity contribution in [3.05, 3.63) is 58.5 Å². The van der Waals surface area contributed by atoms with Gasteiger partial charge in [-0.1, -0.05) is 30.3 Å². The molecular formula is C19H16N2O2S2. The molecule has 0 unspecified atom stereocenters. The third-order valence-corrected chi connectivity index (χ3v) is 7.23. The number of thiophene rings is 1. The summed E-state index contributed by atoms with van der Waals surface area (Å²) in [5, 5.41) is 11.8. The molecule has 0 aliphatic heterocycles. The van der Waals surface area contributed by atoms with Crippen LogP contribution in [0.5, 0.6) is 0 Å². The van der Waals surface area contributed by atoms with E-state index in [4.69, 9.17) is 0 Å². The summed E-state index contributed by atoms with van der Waals surface area (Å²) in [4.78, 5) is 1.35. The molecule has 0 spiro atoms. The number of anilines is 1. The largest absolute Gasteiger partial charge is 0.269 e. The second kappa shape index (κ2) is 6.17. The van der Waals surface area contributed by atoms with Gasteiger partial charge in [0.05, 0.1) is 10.5 Å². The first-order valence-corrected chi connectivity index (χ1v) is 10.4. The summed E-state index contributed by atoms with van der Waals surface area (Å²) in [6.07, 6.45) is 3.92. The van der Waals surface area contributed by atoms with Gasteiger partial charge in [0.1, 0.15) is 11.1 Å². The zero-order valence-corrected chi connectivity index (χ0v) is 15.1. The van der Waals surface area contributed by atoms with E-state index >= 15 is 0 Å². The van der Waals surface area contributed by atoms with Crippen LogP contribution in [0.4, 0.5) is 5.00 Å². The zero-order chi connectivity index (χ0) is 17.4. The molecule has 0 fully saturated rings. The average molecular weight is 368 g/mol. The Bertz CT molecular complexity index is 1110. The molecule has 1 aromatic heterocycles. The molecule has 126 valence electrons. The molecule has 3 aromatic rings. The Hall–Kier alpha value is -2.36. The monoisotopic (exact) mass is 368 g/mol. The molecule has 0 saturated heterocycles. The lowest BCUT2D eigenvalue weighted by Crippen LogP contribution is -2.13. The van der Waals surface area contributed by atoms with Gasteiger partial charge in [-0.2, -0.15) is 5.26 Å². The summed E-state index contributed by atoms with van der Waals surface area (Å²) in [5.74, 6) is 0. The summed E-state index contributed by atoms with van der Waals surface area (Å²) in [6.45, 7) is 0. The predicted molar refractivity (Wildman–Crippen MR) is 100 cm³/mol. The first kappa shape index (κ1) is 16.1. The lowest BCUT2D eigenvalue weighted by Gasteiger charge is -2.09. The molecule has 1 aliphatic carbocycles. The third kappa shape index (κ3) is 2.90. The van der Waals surface area contributed by atoms with Crippen LogP contribution in [0, 0.1) is 11.3 Å². The normalized spacial score (nSPS) is 14.0. The van der Waals surface area contributed by atoms with Crippen LogP contribution in [0.15, 0.2) is 47.4 Å². The summed E-state index contributed by atoms with van der Waals surface area (Å²) in [6, 6.07) is 14.9. The van der Waals surface area contributed by atoms with Crippen molar-refractivity contribution in [1.29, 1.82) is 5.26 Å². The van der Waals surface area contributed by atoms with Gasteiger partial charge in [-0.15, -0.1) is 11.3 Å². The van der Waals surface area contributed by atoms with Crippen molar-refractivity contribution < 1.29 is 8.42 Å². The van der Waals surface area contributed by atoms with E-state index in [0.29, 0.717) is 10.6 Å². The van der Waals surface area contributed by atoms with E-state index in [9.17, 15) is 13.7 Å². The lowest BCUT2D eigenvalue weighted by atomic mass is 9.96. The maximum Gasteiger partial charge on any atom is 0.262 e. The van der Waals surface area contributed by atoms with Crippen molar-refractivity contribution in [3.8, 4) is 6.07 Å². The topological polar surface area (TPSA) is 70.0 Å². The summed E-state index contributed by atoms with van der Waals surface area (Å²) >= 11 is 1.40. The maximum absolute atomic E-state index is 12.8. The second-order valence-corrected chi connectivity index (χ2v) is 8.93. The number of nitriles is 1. The van der Waals surface area contributed by atoms with Crippen LogP contribution < -0.4 is 4.72 Å². The molecule has 0 saturated carbocycles. The van der Waals surface area contributed by atoms with Gasteiger partial charge in [-0.05, 0) is 54.2 Å². The molecule has 0 atom stereocenters. The van der Waals surface area contributed by atoms with E-state index < -0.39 is 10.0 Å². The van der Waals surface area contributed by atoms with Crippen LogP contribution in [0.1, 0.15) is 28.8 Å². The minimum Gasteiger partial charge on any atom is -0.269 e. The van der Waals surface area contributed by atoms with E-state index in [1.54, 1.807) is 18.2 Å². The van der Waals surface area contributed by atoms with E-state index in [2.05, 4.69) is 10.8 Å². The minimum absolute atomic E-state index is 0.210. The Kier molecular flexibility index (Phi) is 3.98. The molecule has 1 N–H and O–H groups in total. The van der Waals surface area contributed by atoms with Gasteiger partial charge in [0.15, 0.2) is 0 Å². The standard InChI is InChI=1S/C19H16N2O2S2/c20-12-17-16-7-3-4-8-18(16)24-19(17)21-25(22,23)15-10-9-13-5-1-2-6-14(13)11-15/h1-2,5-6,9-11,21H,3-4,7-8H2. The summed E-state index contributed by atoms with van der Waals surface area (Å²) in [7, 11) is -3.73. The highest BCUT2D eigenvalue weighted by Gasteiger charge is 2.24. The Balaban J connectivity index is 1.74. The fourth-order valence-electron chi connectivity index (χ4n) is 3.27. The number of fused-ring (bicyclic) bond motifs is 2. The molecule has 0 radical (unpaired) electrons. The molecule has 1 aliphatic rings. The van der Waals surface area contributed by atoms with Gasteiger partial charge in [0.25, 0.3) is 10.0 Å². The summed E-state index contributed by atoms with van der Waals surface area (Å²) < 4.78 is 28.3. The van der Waals surface area contributed by atoms with Crippen LogP contribution in [0.3, 0.4) is 0 Å². The van der Waals surface area contributed by atoms with Crippen molar-refractivity contribution >= 4 is 37.1 Å². The molecule has 25 heavy (non-hydrogen) atoms. The Morgan fingerprint density at radius 1 is 1.04 bits per heavy atom. The molecule has 4 rings (SSSR count).